The van der Waals surface area contributed by atoms with E-state index in [2.05, 4.69) is 33.0 Å². The predicted octanol–water partition coefficient (Wildman–Crippen LogP) is 1.50. The van der Waals surface area contributed by atoms with E-state index in [1.807, 2.05) is 0 Å². The summed E-state index contributed by atoms with van der Waals surface area (Å²) in [6.07, 6.45) is 2.70. The molecule has 0 radical (unpaired) electrons. The molecule has 0 aliphatic heterocycles. The number of rotatable bonds is 4. The number of hydrogen-bond acceptors (Lipinski definition) is 2. The van der Waals surface area contributed by atoms with Crippen LogP contribution in [0.1, 0.15) is 40.5 Å². The van der Waals surface area contributed by atoms with Crippen molar-refractivity contribution in [1.82, 2.24) is 5.32 Å². The number of hydrogen-bond donors (Lipinski definition) is 2. The molecule has 0 unspecified atom stereocenters. The van der Waals surface area contributed by atoms with Gasteiger partial charge in [-0.2, -0.15) is 0 Å². The minimum absolute atomic E-state index is 0.102. The molecule has 0 aromatic rings. The SMILES string of the molecule is CC(C)(N)C(C)(C)CNC1CC1. The minimum Gasteiger partial charge on any atom is -0.325 e. The summed E-state index contributed by atoms with van der Waals surface area (Å²) in [6.45, 7) is 9.68. The third-order valence-corrected chi connectivity index (χ3v) is 3.15. The molecule has 0 aromatic carbocycles. The number of nitrogens with two attached hydrogens (primary N) is 1. The van der Waals surface area contributed by atoms with Crippen molar-refractivity contribution in [2.45, 2.75) is 52.1 Å². The fourth-order valence-electron chi connectivity index (χ4n) is 0.915. The molecule has 12 heavy (non-hydrogen) atoms. The van der Waals surface area contributed by atoms with E-state index in [9.17, 15) is 0 Å². The van der Waals surface area contributed by atoms with Crippen LogP contribution in [0.15, 0.2) is 0 Å². The van der Waals surface area contributed by atoms with Crippen LogP contribution in [-0.2, 0) is 0 Å². The summed E-state index contributed by atoms with van der Waals surface area (Å²) in [5, 5.41) is 3.52. The van der Waals surface area contributed by atoms with Crippen LogP contribution in [0.2, 0.25) is 0 Å². The molecule has 1 aliphatic carbocycles. The molecule has 0 saturated heterocycles. The van der Waals surface area contributed by atoms with Gasteiger partial charge in [0.05, 0.1) is 0 Å². The Morgan fingerprint density at radius 2 is 1.75 bits per heavy atom. The third-order valence-electron chi connectivity index (χ3n) is 3.15. The summed E-state index contributed by atoms with van der Waals surface area (Å²) in [6, 6.07) is 0.784. The van der Waals surface area contributed by atoms with Gasteiger partial charge < -0.3 is 11.1 Å². The van der Waals surface area contributed by atoms with Crippen molar-refractivity contribution in [3.63, 3.8) is 0 Å². The molecule has 1 saturated carbocycles. The maximum atomic E-state index is 6.08. The number of nitrogens with one attached hydrogen (secondary N) is 1. The molecule has 0 aromatic heterocycles. The first-order valence-corrected chi connectivity index (χ1v) is 4.85. The van der Waals surface area contributed by atoms with Gasteiger partial charge in [0, 0.05) is 18.1 Å². The first-order chi connectivity index (χ1) is 5.33. The maximum Gasteiger partial charge on any atom is 0.0161 e. The minimum atomic E-state index is -0.102. The van der Waals surface area contributed by atoms with Crippen LogP contribution in [0.4, 0.5) is 0 Å². The smallest absolute Gasteiger partial charge is 0.0161 e. The van der Waals surface area contributed by atoms with Gasteiger partial charge >= 0.3 is 0 Å². The predicted molar refractivity (Wildman–Crippen MR) is 53.1 cm³/mol. The van der Waals surface area contributed by atoms with Crippen LogP contribution >= 0.6 is 0 Å². The van der Waals surface area contributed by atoms with Crippen LogP contribution in [-0.4, -0.2) is 18.1 Å². The highest BCUT2D eigenvalue weighted by Crippen LogP contribution is 2.29. The van der Waals surface area contributed by atoms with Gasteiger partial charge in [0.2, 0.25) is 0 Å². The van der Waals surface area contributed by atoms with Crippen molar-refractivity contribution in [2.24, 2.45) is 11.1 Å². The monoisotopic (exact) mass is 170 g/mol. The lowest BCUT2D eigenvalue weighted by molar-refractivity contribution is 0.194. The second-order valence-corrected chi connectivity index (χ2v) is 5.26. The molecular formula is C10H22N2. The van der Waals surface area contributed by atoms with E-state index in [4.69, 9.17) is 5.73 Å². The Labute approximate surface area is 75.9 Å². The molecule has 3 N–H and O–H groups in total. The van der Waals surface area contributed by atoms with Gasteiger partial charge in [0.15, 0.2) is 0 Å². The highest BCUT2D eigenvalue weighted by molar-refractivity contribution is 4.93. The van der Waals surface area contributed by atoms with Gasteiger partial charge in [-0.3, -0.25) is 0 Å². The van der Waals surface area contributed by atoms with Crippen LogP contribution in [0.25, 0.3) is 0 Å². The lowest BCUT2D eigenvalue weighted by atomic mass is 9.75. The summed E-state index contributed by atoms with van der Waals surface area (Å²) < 4.78 is 0. The highest BCUT2D eigenvalue weighted by Gasteiger charge is 2.34. The molecule has 0 amide bonds. The quantitative estimate of drug-likeness (QED) is 0.671. The van der Waals surface area contributed by atoms with E-state index in [1.54, 1.807) is 0 Å². The van der Waals surface area contributed by atoms with Crippen molar-refractivity contribution in [3.8, 4) is 0 Å². The molecule has 2 heteroatoms. The fraction of sp³-hybridized carbons (Fsp3) is 1.00. The standard InChI is InChI=1S/C10H22N2/c1-9(2,10(3,4)11)7-12-8-5-6-8/h8,12H,5-7,11H2,1-4H3. The van der Waals surface area contributed by atoms with Crippen LogP contribution < -0.4 is 11.1 Å². The van der Waals surface area contributed by atoms with Gasteiger partial charge in [0.1, 0.15) is 0 Å². The van der Waals surface area contributed by atoms with E-state index in [-0.39, 0.29) is 11.0 Å². The Bertz CT molecular complexity index is 152. The van der Waals surface area contributed by atoms with Crippen molar-refractivity contribution >= 4 is 0 Å². The Balaban J connectivity index is 2.35. The molecule has 0 bridgehead atoms. The second-order valence-electron chi connectivity index (χ2n) is 5.26. The van der Waals surface area contributed by atoms with Gasteiger partial charge in [-0.05, 0) is 32.1 Å². The fourth-order valence-corrected chi connectivity index (χ4v) is 0.915. The zero-order valence-corrected chi connectivity index (χ0v) is 8.78. The van der Waals surface area contributed by atoms with Crippen molar-refractivity contribution in [3.05, 3.63) is 0 Å². The van der Waals surface area contributed by atoms with E-state index < -0.39 is 0 Å². The van der Waals surface area contributed by atoms with Crippen LogP contribution in [0.3, 0.4) is 0 Å². The van der Waals surface area contributed by atoms with E-state index in [1.165, 1.54) is 12.8 Å². The van der Waals surface area contributed by atoms with E-state index in [0.29, 0.717) is 0 Å². The Morgan fingerprint density at radius 1 is 1.25 bits per heavy atom. The summed E-state index contributed by atoms with van der Waals surface area (Å²) >= 11 is 0. The zero-order valence-electron chi connectivity index (χ0n) is 8.78. The zero-order chi connectivity index (χ0) is 9.41. The molecule has 1 fully saturated rings. The average Bonchev–Trinajstić information content (AvgIpc) is 2.62. The van der Waals surface area contributed by atoms with Gasteiger partial charge in [-0.1, -0.05) is 13.8 Å². The van der Waals surface area contributed by atoms with Crippen LogP contribution in [0, 0.1) is 5.41 Å². The Hall–Kier alpha value is -0.0800. The first-order valence-electron chi connectivity index (χ1n) is 4.85. The molecule has 1 rings (SSSR count). The molecule has 1 aliphatic rings. The molecular weight excluding hydrogens is 148 g/mol. The molecule has 0 heterocycles. The molecule has 0 spiro atoms. The summed E-state index contributed by atoms with van der Waals surface area (Å²) in [5.74, 6) is 0. The van der Waals surface area contributed by atoms with Crippen molar-refractivity contribution in [1.29, 1.82) is 0 Å². The Morgan fingerprint density at radius 3 is 2.08 bits per heavy atom. The summed E-state index contributed by atoms with van der Waals surface area (Å²) in [7, 11) is 0. The molecule has 72 valence electrons. The largest absolute Gasteiger partial charge is 0.325 e. The third kappa shape index (κ3) is 2.46. The first kappa shape index (κ1) is 10.0. The van der Waals surface area contributed by atoms with Crippen LogP contribution in [0.5, 0.6) is 0 Å². The Kier molecular flexibility index (Phi) is 2.50. The highest BCUT2D eigenvalue weighted by atomic mass is 15.0. The lowest BCUT2D eigenvalue weighted by Crippen LogP contribution is -2.52. The average molecular weight is 170 g/mol. The van der Waals surface area contributed by atoms with E-state index in [0.717, 1.165) is 12.6 Å². The second kappa shape index (κ2) is 3.00. The summed E-state index contributed by atoms with van der Waals surface area (Å²) in [5.41, 5.74) is 6.15. The normalized spacial score (nSPS) is 19.8. The maximum absolute atomic E-state index is 6.08. The molecule has 0 atom stereocenters. The summed E-state index contributed by atoms with van der Waals surface area (Å²) in [4.78, 5) is 0. The van der Waals surface area contributed by atoms with Gasteiger partial charge in [-0.25, -0.2) is 0 Å². The van der Waals surface area contributed by atoms with E-state index >= 15 is 0 Å². The molecule has 2 nitrogen and oxygen atoms in total. The van der Waals surface area contributed by atoms with Gasteiger partial charge in [0.25, 0.3) is 0 Å². The topological polar surface area (TPSA) is 38.0 Å². The van der Waals surface area contributed by atoms with Gasteiger partial charge in [-0.15, -0.1) is 0 Å². The van der Waals surface area contributed by atoms with Crippen molar-refractivity contribution in [2.75, 3.05) is 6.54 Å². The lowest BCUT2D eigenvalue weighted by Gasteiger charge is -2.38. The van der Waals surface area contributed by atoms with Crippen molar-refractivity contribution < 1.29 is 0 Å².